The fourth-order valence-corrected chi connectivity index (χ4v) is 2.99. The monoisotopic (exact) mass is 345 g/mol. The van der Waals surface area contributed by atoms with Gasteiger partial charge in [-0.25, -0.2) is 0 Å². The second kappa shape index (κ2) is 8.48. The zero-order chi connectivity index (χ0) is 18.4. The first-order chi connectivity index (χ1) is 11.8. The number of hydrogen-bond acceptors (Lipinski definition) is 3. The number of piperazine rings is 1. The van der Waals surface area contributed by atoms with Gasteiger partial charge in [0.05, 0.1) is 6.04 Å². The Kier molecular flexibility index (Phi) is 6.59. The van der Waals surface area contributed by atoms with Gasteiger partial charge in [0.2, 0.25) is 11.8 Å². The maximum atomic E-state index is 12.4. The van der Waals surface area contributed by atoms with Gasteiger partial charge in [-0.15, -0.1) is 0 Å². The Balaban J connectivity index is 1.74. The Hall–Kier alpha value is -1.88. The predicted molar refractivity (Wildman–Crippen MR) is 100.0 cm³/mol. The van der Waals surface area contributed by atoms with Crippen molar-refractivity contribution in [1.82, 2.24) is 9.80 Å². The van der Waals surface area contributed by atoms with Crippen molar-refractivity contribution in [3.63, 3.8) is 0 Å². The van der Waals surface area contributed by atoms with Crippen molar-refractivity contribution in [3.05, 3.63) is 35.9 Å². The highest BCUT2D eigenvalue weighted by molar-refractivity contribution is 5.83. The van der Waals surface area contributed by atoms with Crippen LogP contribution in [0.3, 0.4) is 0 Å². The van der Waals surface area contributed by atoms with Crippen LogP contribution in [0.1, 0.15) is 39.2 Å². The summed E-state index contributed by atoms with van der Waals surface area (Å²) in [5.74, 6) is 0.173. The summed E-state index contributed by atoms with van der Waals surface area (Å²) >= 11 is 0. The lowest BCUT2D eigenvalue weighted by atomic mass is 9.86. The number of carbonyl (C=O) groups excluding carboxylic acids is 2. The number of aryl methyl sites for hydroxylation is 1. The normalized spacial score (nSPS) is 16.6. The summed E-state index contributed by atoms with van der Waals surface area (Å²) in [6, 6.07) is 9.73. The Morgan fingerprint density at radius 1 is 1.04 bits per heavy atom. The van der Waals surface area contributed by atoms with Crippen molar-refractivity contribution in [2.45, 2.75) is 46.1 Å². The number of nitrogens with two attached hydrogens (primary N) is 1. The molecule has 2 N–H and O–H groups in total. The molecular weight excluding hydrogens is 314 g/mol. The molecular formula is C20H31N3O2. The second-order valence-corrected chi connectivity index (χ2v) is 7.89. The van der Waals surface area contributed by atoms with Gasteiger partial charge in [-0.3, -0.25) is 9.59 Å². The summed E-state index contributed by atoms with van der Waals surface area (Å²) in [7, 11) is 0. The van der Waals surface area contributed by atoms with Gasteiger partial charge in [0.25, 0.3) is 0 Å². The number of rotatable bonds is 5. The lowest BCUT2D eigenvalue weighted by Gasteiger charge is -2.38. The smallest absolute Gasteiger partial charge is 0.240 e. The molecule has 0 unspecified atom stereocenters. The van der Waals surface area contributed by atoms with Crippen LogP contribution in [-0.4, -0.2) is 53.8 Å². The minimum atomic E-state index is -0.499. The molecule has 1 fully saturated rings. The number of benzene rings is 1. The minimum Gasteiger partial charge on any atom is -0.339 e. The van der Waals surface area contributed by atoms with Crippen LogP contribution >= 0.6 is 0 Å². The van der Waals surface area contributed by atoms with E-state index >= 15 is 0 Å². The third-order valence-electron chi connectivity index (χ3n) is 4.84. The summed E-state index contributed by atoms with van der Waals surface area (Å²) in [5, 5.41) is 0. The summed E-state index contributed by atoms with van der Waals surface area (Å²) < 4.78 is 0. The molecule has 1 aromatic rings. The molecule has 1 aliphatic heterocycles. The molecule has 1 atom stereocenters. The van der Waals surface area contributed by atoms with E-state index in [9.17, 15) is 9.59 Å². The summed E-state index contributed by atoms with van der Waals surface area (Å²) in [5.41, 5.74) is 7.09. The van der Waals surface area contributed by atoms with Crippen molar-refractivity contribution in [2.24, 2.45) is 11.1 Å². The molecule has 138 valence electrons. The lowest BCUT2D eigenvalue weighted by molar-refractivity contribution is -0.141. The van der Waals surface area contributed by atoms with Crippen LogP contribution in [0.15, 0.2) is 30.3 Å². The fourth-order valence-electron chi connectivity index (χ4n) is 2.99. The van der Waals surface area contributed by atoms with Crippen molar-refractivity contribution in [2.75, 3.05) is 26.2 Å². The lowest BCUT2D eigenvalue weighted by Crippen LogP contribution is -2.56. The largest absolute Gasteiger partial charge is 0.339 e. The molecule has 1 aliphatic rings. The van der Waals surface area contributed by atoms with E-state index in [4.69, 9.17) is 5.73 Å². The van der Waals surface area contributed by atoms with Gasteiger partial charge in [-0.2, -0.15) is 0 Å². The van der Waals surface area contributed by atoms with Gasteiger partial charge in [-0.05, 0) is 23.8 Å². The van der Waals surface area contributed by atoms with Crippen LogP contribution in [0, 0.1) is 5.41 Å². The van der Waals surface area contributed by atoms with Crippen molar-refractivity contribution >= 4 is 11.8 Å². The molecule has 2 amide bonds. The second-order valence-electron chi connectivity index (χ2n) is 7.89. The van der Waals surface area contributed by atoms with Crippen LogP contribution in [-0.2, 0) is 16.0 Å². The summed E-state index contributed by atoms with van der Waals surface area (Å²) in [6.07, 6.45) is 2.34. The quantitative estimate of drug-likeness (QED) is 0.888. The van der Waals surface area contributed by atoms with E-state index in [0.717, 1.165) is 12.8 Å². The molecule has 0 bridgehead atoms. The van der Waals surface area contributed by atoms with Gasteiger partial charge < -0.3 is 15.5 Å². The molecule has 5 heteroatoms. The molecule has 0 radical (unpaired) electrons. The summed E-state index contributed by atoms with van der Waals surface area (Å²) in [4.78, 5) is 28.5. The predicted octanol–water partition coefficient (Wildman–Crippen LogP) is 2.05. The SMILES string of the molecule is CC(C)(C)[C@H](N)C(=O)N1CCN(C(=O)CCCc2ccccc2)CC1. The molecule has 2 rings (SSSR count). The maximum absolute atomic E-state index is 12.4. The first-order valence-corrected chi connectivity index (χ1v) is 9.15. The average molecular weight is 345 g/mol. The van der Waals surface area contributed by atoms with E-state index in [2.05, 4.69) is 12.1 Å². The molecule has 5 nitrogen and oxygen atoms in total. The van der Waals surface area contributed by atoms with Gasteiger partial charge >= 0.3 is 0 Å². The van der Waals surface area contributed by atoms with Gasteiger partial charge in [0.1, 0.15) is 0 Å². The van der Waals surface area contributed by atoms with E-state index in [0.29, 0.717) is 32.6 Å². The molecule has 0 saturated carbocycles. The van der Waals surface area contributed by atoms with Crippen LogP contribution in [0.4, 0.5) is 0 Å². The van der Waals surface area contributed by atoms with Crippen molar-refractivity contribution in [3.8, 4) is 0 Å². The third-order valence-corrected chi connectivity index (χ3v) is 4.84. The molecule has 1 saturated heterocycles. The summed E-state index contributed by atoms with van der Waals surface area (Å²) in [6.45, 7) is 8.28. The van der Waals surface area contributed by atoms with E-state index in [1.165, 1.54) is 5.56 Å². The van der Waals surface area contributed by atoms with Crippen LogP contribution in [0.5, 0.6) is 0 Å². The molecule has 0 aromatic heterocycles. The van der Waals surface area contributed by atoms with E-state index in [-0.39, 0.29) is 17.2 Å². The molecule has 0 spiro atoms. The molecule has 0 aliphatic carbocycles. The Bertz CT molecular complexity index is 572. The number of carbonyl (C=O) groups is 2. The first-order valence-electron chi connectivity index (χ1n) is 9.15. The topological polar surface area (TPSA) is 66.6 Å². The Morgan fingerprint density at radius 3 is 2.16 bits per heavy atom. The Labute approximate surface area is 151 Å². The molecule has 1 aromatic carbocycles. The average Bonchev–Trinajstić information content (AvgIpc) is 2.60. The highest BCUT2D eigenvalue weighted by atomic mass is 16.2. The number of hydrogen-bond donors (Lipinski definition) is 1. The van der Waals surface area contributed by atoms with E-state index in [1.807, 2.05) is 43.9 Å². The molecule has 1 heterocycles. The fraction of sp³-hybridized carbons (Fsp3) is 0.600. The third kappa shape index (κ3) is 5.56. The van der Waals surface area contributed by atoms with Gasteiger partial charge in [-0.1, -0.05) is 51.1 Å². The van der Waals surface area contributed by atoms with Crippen molar-refractivity contribution < 1.29 is 9.59 Å². The van der Waals surface area contributed by atoms with E-state index in [1.54, 1.807) is 4.90 Å². The van der Waals surface area contributed by atoms with Crippen LogP contribution in [0.2, 0.25) is 0 Å². The molecule has 25 heavy (non-hydrogen) atoms. The Morgan fingerprint density at radius 2 is 1.60 bits per heavy atom. The van der Waals surface area contributed by atoms with E-state index < -0.39 is 6.04 Å². The maximum Gasteiger partial charge on any atom is 0.240 e. The minimum absolute atomic E-state index is 0.0105. The highest BCUT2D eigenvalue weighted by Gasteiger charge is 2.33. The van der Waals surface area contributed by atoms with Gasteiger partial charge in [0, 0.05) is 32.6 Å². The van der Waals surface area contributed by atoms with Gasteiger partial charge in [0.15, 0.2) is 0 Å². The first kappa shape index (κ1) is 19.4. The van der Waals surface area contributed by atoms with Crippen molar-refractivity contribution in [1.29, 1.82) is 0 Å². The van der Waals surface area contributed by atoms with Crippen LogP contribution < -0.4 is 5.73 Å². The number of nitrogens with zero attached hydrogens (tertiary/aromatic N) is 2. The number of amides is 2. The van der Waals surface area contributed by atoms with Crippen LogP contribution in [0.25, 0.3) is 0 Å². The zero-order valence-electron chi connectivity index (χ0n) is 15.7. The highest BCUT2D eigenvalue weighted by Crippen LogP contribution is 2.20. The zero-order valence-corrected chi connectivity index (χ0v) is 15.7. The standard InChI is InChI=1S/C20H31N3O2/c1-20(2,3)18(21)19(25)23-14-12-22(13-15-23)17(24)11-7-10-16-8-5-4-6-9-16/h4-6,8-9,18H,7,10-15,21H2,1-3H3/t18-/m1/s1.